The Bertz CT molecular complexity index is 579. The van der Waals surface area contributed by atoms with Crippen LogP contribution in [0.15, 0.2) is 60.7 Å². The Morgan fingerprint density at radius 1 is 1.00 bits per heavy atom. The molecule has 0 N–H and O–H groups in total. The highest BCUT2D eigenvalue weighted by Gasteiger charge is 2.48. The first-order chi connectivity index (χ1) is 9.20. The second kappa shape index (κ2) is 4.54. The van der Waals surface area contributed by atoms with Crippen LogP contribution < -0.4 is 0 Å². The number of carbonyl (C=O) groups is 1. The van der Waals surface area contributed by atoms with Gasteiger partial charge in [-0.15, -0.1) is 0 Å². The first kappa shape index (κ1) is 12.0. The fourth-order valence-electron chi connectivity index (χ4n) is 2.73. The molecule has 0 aromatic heterocycles. The molecule has 0 saturated carbocycles. The predicted octanol–water partition coefficient (Wildman–Crippen LogP) is 2.99. The topological polar surface area (TPSA) is 20.3 Å². The summed E-state index contributed by atoms with van der Waals surface area (Å²) < 4.78 is 0. The highest BCUT2D eigenvalue weighted by molar-refractivity contribution is 5.93. The zero-order valence-electron chi connectivity index (χ0n) is 11.0. The molecule has 1 heterocycles. The fraction of sp³-hybridized carbons (Fsp3) is 0.235. The van der Waals surface area contributed by atoms with Crippen molar-refractivity contribution in [2.75, 3.05) is 6.54 Å². The van der Waals surface area contributed by atoms with Crippen LogP contribution in [0.4, 0.5) is 0 Å². The monoisotopic (exact) mass is 251 g/mol. The summed E-state index contributed by atoms with van der Waals surface area (Å²) >= 11 is 0. The van der Waals surface area contributed by atoms with Crippen molar-refractivity contribution >= 4 is 5.91 Å². The maximum absolute atomic E-state index is 12.4. The zero-order chi connectivity index (χ0) is 13.3. The van der Waals surface area contributed by atoms with Crippen molar-refractivity contribution in [1.29, 1.82) is 0 Å². The van der Waals surface area contributed by atoms with Crippen molar-refractivity contribution in [3.8, 4) is 0 Å². The van der Waals surface area contributed by atoms with E-state index in [-0.39, 0.29) is 11.3 Å². The summed E-state index contributed by atoms with van der Waals surface area (Å²) in [5, 5.41) is 0. The average Bonchev–Trinajstić information content (AvgIpc) is 2.48. The van der Waals surface area contributed by atoms with Gasteiger partial charge in [0.25, 0.3) is 0 Å². The minimum atomic E-state index is -0.337. The Labute approximate surface area is 113 Å². The molecule has 2 aromatic rings. The first-order valence-corrected chi connectivity index (χ1v) is 6.59. The molecule has 2 nitrogen and oxygen atoms in total. The van der Waals surface area contributed by atoms with E-state index in [0.29, 0.717) is 6.54 Å². The van der Waals surface area contributed by atoms with E-state index in [1.807, 2.05) is 60.4 Å². The van der Waals surface area contributed by atoms with Gasteiger partial charge in [-0.05, 0) is 18.1 Å². The Morgan fingerprint density at radius 3 is 2.16 bits per heavy atom. The minimum Gasteiger partial charge on any atom is -0.336 e. The van der Waals surface area contributed by atoms with Crippen LogP contribution in [0.5, 0.6) is 0 Å². The molecule has 96 valence electrons. The smallest absolute Gasteiger partial charge is 0.235 e. The lowest BCUT2D eigenvalue weighted by molar-refractivity contribution is -0.151. The summed E-state index contributed by atoms with van der Waals surface area (Å²) in [5.41, 5.74) is 1.96. The van der Waals surface area contributed by atoms with Gasteiger partial charge in [0, 0.05) is 13.1 Å². The molecule has 19 heavy (non-hydrogen) atoms. The van der Waals surface area contributed by atoms with Crippen LogP contribution in [0, 0.1) is 0 Å². The summed E-state index contributed by atoms with van der Waals surface area (Å²) in [6.07, 6.45) is 0. The molecule has 0 radical (unpaired) electrons. The lowest BCUT2D eigenvalue weighted by Crippen LogP contribution is -2.62. The van der Waals surface area contributed by atoms with Gasteiger partial charge < -0.3 is 4.90 Å². The van der Waals surface area contributed by atoms with Gasteiger partial charge in [-0.25, -0.2) is 0 Å². The number of nitrogens with zero attached hydrogens (tertiary/aromatic N) is 1. The van der Waals surface area contributed by atoms with Crippen molar-refractivity contribution in [2.24, 2.45) is 0 Å². The standard InChI is InChI=1S/C17H17NO/c1-17(15-10-6-3-7-11-15)13-18(16(17)19)12-14-8-4-2-5-9-14/h2-11H,12-13H2,1H3/t17-/m0/s1. The van der Waals surface area contributed by atoms with Crippen LogP contribution in [-0.2, 0) is 16.8 Å². The Balaban J connectivity index is 1.73. The molecule has 2 heteroatoms. The molecule has 1 saturated heterocycles. The van der Waals surface area contributed by atoms with Crippen LogP contribution >= 0.6 is 0 Å². The van der Waals surface area contributed by atoms with E-state index in [1.54, 1.807) is 0 Å². The second-order valence-electron chi connectivity index (χ2n) is 5.34. The van der Waals surface area contributed by atoms with E-state index in [9.17, 15) is 4.79 Å². The van der Waals surface area contributed by atoms with Crippen molar-refractivity contribution in [3.63, 3.8) is 0 Å². The van der Waals surface area contributed by atoms with Crippen LogP contribution in [0.1, 0.15) is 18.1 Å². The lowest BCUT2D eigenvalue weighted by atomic mass is 9.74. The number of carbonyl (C=O) groups excluding carboxylic acids is 1. The Hall–Kier alpha value is -2.09. The zero-order valence-corrected chi connectivity index (χ0v) is 11.0. The summed E-state index contributed by atoms with van der Waals surface area (Å²) in [4.78, 5) is 14.3. The van der Waals surface area contributed by atoms with Crippen LogP contribution in [0.3, 0.4) is 0 Å². The average molecular weight is 251 g/mol. The number of amides is 1. The minimum absolute atomic E-state index is 0.225. The summed E-state index contributed by atoms with van der Waals surface area (Å²) in [6.45, 7) is 3.54. The van der Waals surface area contributed by atoms with Gasteiger partial charge in [0.05, 0.1) is 5.41 Å². The predicted molar refractivity (Wildman–Crippen MR) is 75.7 cm³/mol. The van der Waals surface area contributed by atoms with Crippen LogP contribution in [-0.4, -0.2) is 17.4 Å². The molecule has 2 aromatic carbocycles. The van der Waals surface area contributed by atoms with Gasteiger partial charge in [0.1, 0.15) is 0 Å². The number of likely N-dealkylation sites (tertiary alicyclic amines) is 1. The molecule has 1 amide bonds. The first-order valence-electron chi connectivity index (χ1n) is 6.59. The second-order valence-corrected chi connectivity index (χ2v) is 5.34. The summed E-state index contributed by atoms with van der Waals surface area (Å²) in [5.74, 6) is 0.225. The maximum Gasteiger partial charge on any atom is 0.235 e. The SMILES string of the molecule is C[C@@]1(c2ccccc2)CN(Cc2ccccc2)C1=O. The molecule has 3 rings (SSSR count). The Kier molecular flexibility index (Phi) is 2.86. The van der Waals surface area contributed by atoms with E-state index in [4.69, 9.17) is 0 Å². The number of β-lactam (4-membered cyclic amide) rings is 1. The molecule has 0 bridgehead atoms. The highest BCUT2D eigenvalue weighted by atomic mass is 16.2. The molecular weight excluding hydrogens is 234 g/mol. The molecule has 0 aliphatic carbocycles. The third-order valence-corrected chi connectivity index (χ3v) is 3.89. The molecular formula is C17H17NO. The lowest BCUT2D eigenvalue weighted by Gasteiger charge is -2.47. The third-order valence-electron chi connectivity index (χ3n) is 3.89. The van der Waals surface area contributed by atoms with E-state index in [1.165, 1.54) is 5.56 Å². The van der Waals surface area contributed by atoms with Crippen molar-refractivity contribution in [1.82, 2.24) is 4.90 Å². The fourth-order valence-corrected chi connectivity index (χ4v) is 2.73. The number of hydrogen-bond acceptors (Lipinski definition) is 1. The molecule has 1 aliphatic rings. The number of rotatable bonds is 3. The molecule has 0 unspecified atom stereocenters. The maximum atomic E-state index is 12.4. The van der Waals surface area contributed by atoms with E-state index < -0.39 is 0 Å². The van der Waals surface area contributed by atoms with E-state index in [0.717, 1.165) is 12.1 Å². The van der Waals surface area contributed by atoms with Crippen LogP contribution in [0.2, 0.25) is 0 Å². The Morgan fingerprint density at radius 2 is 1.58 bits per heavy atom. The summed E-state index contributed by atoms with van der Waals surface area (Å²) in [6, 6.07) is 20.2. The van der Waals surface area contributed by atoms with Crippen molar-refractivity contribution in [3.05, 3.63) is 71.8 Å². The number of benzene rings is 2. The van der Waals surface area contributed by atoms with Gasteiger partial charge in [-0.2, -0.15) is 0 Å². The van der Waals surface area contributed by atoms with Gasteiger partial charge in [0.15, 0.2) is 0 Å². The van der Waals surface area contributed by atoms with Crippen molar-refractivity contribution in [2.45, 2.75) is 18.9 Å². The van der Waals surface area contributed by atoms with Gasteiger partial charge in [0.2, 0.25) is 5.91 Å². The van der Waals surface area contributed by atoms with Gasteiger partial charge >= 0.3 is 0 Å². The number of hydrogen-bond donors (Lipinski definition) is 0. The largest absolute Gasteiger partial charge is 0.336 e. The van der Waals surface area contributed by atoms with Gasteiger partial charge in [-0.3, -0.25) is 4.79 Å². The molecule has 1 atom stereocenters. The quantitative estimate of drug-likeness (QED) is 0.768. The van der Waals surface area contributed by atoms with Crippen molar-refractivity contribution < 1.29 is 4.79 Å². The normalized spacial score (nSPS) is 22.2. The third kappa shape index (κ3) is 2.03. The van der Waals surface area contributed by atoms with Gasteiger partial charge in [-0.1, -0.05) is 60.7 Å². The van der Waals surface area contributed by atoms with E-state index in [2.05, 4.69) is 12.1 Å². The van der Waals surface area contributed by atoms with Crippen LogP contribution in [0.25, 0.3) is 0 Å². The summed E-state index contributed by atoms with van der Waals surface area (Å²) in [7, 11) is 0. The van der Waals surface area contributed by atoms with E-state index >= 15 is 0 Å². The molecule has 1 aliphatic heterocycles. The molecule has 1 fully saturated rings. The molecule has 0 spiro atoms. The highest BCUT2D eigenvalue weighted by Crippen LogP contribution is 2.36.